The highest BCUT2D eigenvalue weighted by molar-refractivity contribution is 7.47. The molecule has 12 nitrogen and oxygen atoms in total. The number of carboxylic acids is 1. The van der Waals surface area contributed by atoms with Crippen LogP contribution in [0.4, 0.5) is 0 Å². The van der Waals surface area contributed by atoms with Crippen LogP contribution in [0.2, 0.25) is 0 Å². The zero-order valence-electron chi connectivity index (χ0n) is 32.7. The Kier molecular flexibility index (Phi) is 33.8. The number of hydrogen-bond acceptors (Lipinski definition) is 10. The molecule has 0 aliphatic rings. The lowest BCUT2D eigenvalue weighted by atomic mass is 10.0. The molecule has 0 amide bonds. The molecular formula is C40H72NO11P. The molecule has 2 unspecified atom stereocenters. The van der Waals surface area contributed by atoms with Crippen LogP contribution in [-0.4, -0.2) is 71.1 Å². The number of ether oxygens (including phenoxy) is 2. The zero-order chi connectivity index (χ0) is 39.4. The van der Waals surface area contributed by atoms with Gasteiger partial charge in [0.2, 0.25) is 0 Å². The number of rotatable bonds is 37. The molecular weight excluding hydrogens is 701 g/mol. The fraction of sp³-hybridized carbons (Fsp3) is 0.775. The normalized spacial score (nSPS) is 14.8. The van der Waals surface area contributed by atoms with Crippen LogP contribution in [0.3, 0.4) is 0 Å². The van der Waals surface area contributed by atoms with Crippen molar-refractivity contribution in [3.05, 3.63) is 36.5 Å². The van der Waals surface area contributed by atoms with Crippen molar-refractivity contribution in [1.82, 2.24) is 0 Å². The molecule has 0 aromatic rings. The van der Waals surface area contributed by atoms with Crippen LogP contribution in [0.5, 0.6) is 0 Å². The Morgan fingerprint density at radius 1 is 0.679 bits per heavy atom. The molecule has 0 rings (SSSR count). The minimum atomic E-state index is -4.73. The predicted molar refractivity (Wildman–Crippen MR) is 209 cm³/mol. The third kappa shape index (κ3) is 35.1. The maximum Gasteiger partial charge on any atom is 0.472 e. The SMILES string of the molecule is CC/C=C/CC(O)/C=C/C=C/CCCCCCCC(=O)OC[C@H](COP(=O)(O)OC[C@H](N)C(=O)O)OC(=O)CCCCCCCCCCCCCCC. The number of hydrogen-bond donors (Lipinski definition) is 4. The van der Waals surface area contributed by atoms with Crippen molar-refractivity contribution in [2.45, 2.75) is 180 Å². The summed E-state index contributed by atoms with van der Waals surface area (Å²) in [5.41, 5.74) is 5.32. The van der Waals surface area contributed by atoms with E-state index in [1.54, 1.807) is 6.08 Å². The van der Waals surface area contributed by atoms with E-state index in [2.05, 4.69) is 24.4 Å². The van der Waals surface area contributed by atoms with Crippen LogP contribution >= 0.6 is 7.82 Å². The maximum absolute atomic E-state index is 12.6. The minimum absolute atomic E-state index is 0.148. The first-order chi connectivity index (χ1) is 25.5. The molecule has 0 spiro atoms. The average molecular weight is 774 g/mol. The average Bonchev–Trinajstić information content (AvgIpc) is 3.12. The molecule has 0 heterocycles. The molecule has 0 aromatic heterocycles. The van der Waals surface area contributed by atoms with Gasteiger partial charge in [0.1, 0.15) is 12.6 Å². The van der Waals surface area contributed by atoms with Gasteiger partial charge in [-0.15, -0.1) is 0 Å². The largest absolute Gasteiger partial charge is 0.480 e. The van der Waals surface area contributed by atoms with Crippen LogP contribution in [0, 0.1) is 0 Å². The number of unbranched alkanes of at least 4 members (excludes halogenated alkanes) is 17. The van der Waals surface area contributed by atoms with Crippen LogP contribution in [0.1, 0.15) is 162 Å². The molecule has 0 saturated heterocycles. The van der Waals surface area contributed by atoms with Gasteiger partial charge in [0.05, 0.1) is 19.3 Å². The second kappa shape index (κ2) is 35.4. The highest BCUT2D eigenvalue weighted by Gasteiger charge is 2.28. The van der Waals surface area contributed by atoms with E-state index in [0.717, 1.165) is 57.8 Å². The first-order valence-corrected chi connectivity index (χ1v) is 21.6. The number of nitrogens with two attached hydrogens (primary N) is 1. The number of carboxylic acid groups (broad SMARTS) is 1. The molecule has 0 fully saturated rings. The summed E-state index contributed by atoms with van der Waals surface area (Å²) in [6.07, 6.45) is 32.6. The van der Waals surface area contributed by atoms with Gasteiger partial charge in [0.15, 0.2) is 6.10 Å². The molecule has 0 aliphatic carbocycles. The highest BCUT2D eigenvalue weighted by atomic mass is 31.2. The number of esters is 2. The second-order valence-corrected chi connectivity index (χ2v) is 15.0. The number of phosphoric acid groups is 1. The molecule has 308 valence electrons. The van der Waals surface area contributed by atoms with Crippen LogP contribution in [-0.2, 0) is 37.5 Å². The lowest BCUT2D eigenvalue weighted by Crippen LogP contribution is -2.34. The van der Waals surface area contributed by atoms with Gasteiger partial charge in [-0.1, -0.05) is 147 Å². The highest BCUT2D eigenvalue weighted by Crippen LogP contribution is 2.43. The van der Waals surface area contributed by atoms with Crippen LogP contribution in [0.25, 0.3) is 0 Å². The monoisotopic (exact) mass is 773 g/mol. The van der Waals surface area contributed by atoms with E-state index in [-0.39, 0.29) is 19.4 Å². The lowest BCUT2D eigenvalue weighted by Gasteiger charge is -2.20. The Hall–Kier alpha value is -2.34. The number of aliphatic hydroxyl groups is 1. The number of phosphoric ester groups is 1. The molecule has 13 heteroatoms. The first-order valence-electron chi connectivity index (χ1n) is 20.1. The third-order valence-electron chi connectivity index (χ3n) is 8.48. The van der Waals surface area contributed by atoms with Crippen molar-refractivity contribution in [3.8, 4) is 0 Å². The van der Waals surface area contributed by atoms with Gasteiger partial charge < -0.3 is 30.3 Å². The Labute approximate surface area is 319 Å². The molecule has 0 radical (unpaired) electrons. The second-order valence-electron chi connectivity index (χ2n) is 13.6. The molecule has 5 N–H and O–H groups in total. The van der Waals surface area contributed by atoms with Crippen LogP contribution in [0.15, 0.2) is 36.5 Å². The van der Waals surface area contributed by atoms with Gasteiger partial charge in [0, 0.05) is 12.8 Å². The van der Waals surface area contributed by atoms with Gasteiger partial charge in [-0.3, -0.25) is 23.4 Å². The number of allylic oxidation sites excluding steroid dienone is 4. The van der Waals surface area contributed by atoms with E-state index >= 15 is 0 Å². The van der Waals surface area contributed by atoms with Crippen LogP contribution < -0.4 is 5.73 Å². The Balaban J connectivity index is 4.47. The summed E-state index contributed by atoms with van der Waals surface area (Å²) in [6.45, 7) is 2.55. The molecule has 0 bridgehead atoms. The van der Waals surface area contributed by atoms with E-state index in [1.807, 2.05) is 24.3 Å². The van der Waals surface area contributed by atoms with Gasteiger partial charge in [-0.05, 0) is 38.5 Å². The van der Waals surface area contributed by atoms with Gasteiger partial charge >= 0.3 is 25.7 Å². The van der Waals surface area contributed by atoms with Crippen molar-refractivity contribution in [1.29, 1.82) is 0 Å². The number of aliphatic carboxylic acids is 1. The Bertz CT molecular complexity index is 1070. The summed E-state index contributed by atoms with van der Waals surface area (Å²) in [5.74, 6) is -2.44. The maximum atomic E-state index is 12.6. The fourth-order valence-corrected chi connectivity index (χ4v) is 6.05. The topological polar surface area (TPSA) is 192 Å². The van der Waals surface area contributed by atoms with Crippen molar-refractivity contribution < 1.29 is 52.6 Å². The summed E-state index contributed by atoms with van der Waals surface area (Å²) in [5, 5.41) is 18.7. The molecule has 4 atom stereocenters. The number of carbonyl (C=O) groups excluding carboxylic acids is 2. The van der Waals surface area contributed by atoms with Gasteiger partial charge in [-0.2, -0.15) is 0 Å². The van der Waals surface area contributed by atoms with E-state index in [1.165, 1.54) is 57.8 Å². The summed E-state index contributed by atoms with van der Waals surface area (Å²) >= 11 is 0. The quantitative estimate of drug-likeness (QED) is 0.0154. The van der Waals surface area contributed by atoms with E-state index in [4.69, 9.17) is 24.8 Å². The van der Waals surface area contributed by atoms with Gasteiger partial charge in [0.25, 0.3) is 0 Å². The van der Waals surface area contributed by atoms with Crippen molar-refractivity contribution in [2.75, 3.05) is 19.8 Å². The zero-order valence-corrected chi connectivity index (χ0v) is 33.6. The Morgan fingerprint density at radius 2 is 1.21 bits per heavy atom. The predicted octanol–water partition coefficient (Wildman–Crippen LogP) is 9.03. The fourth-order valence-electron chi connectivity index (χ4n) is 5.28. The first kappa shape index (κ1) is 50.7. The number of aliphatic hydroxyl groups excluding tert-OH is 1. The van der Waals surface area contributed by atoms with Crippen molar-refractivity contribution >= 4 is 25.7 Å². The minimum Gasteiger partial charge on any atom is -0.480 e. The Morgan fingerprint density at radius 3 is 1.77 bits per heavy atom. The van der Waals surface area contributed by atoms with Gasteiger partial charge in [-0.25, -0.2) is 4.57 Å². The summed E-state index contributed by atoms with van der Waals surface area (Å²) in [4.78, 5) is 45.8. The smallest absolute Gasteiger partial charge is 0.472 e. The molecule has 0 saturated carbocycles. The molecule has 0 aromatic carbocycles. The van der Waals surface area contributed by atoms with Crippen molar-refractivity contribution in [2.24, 2.45) is 5.73 Å². The summed E-state index contributed by atoms with van der Waals surface area (Å²) in [7, 11) is -4.73. The van der Waals surface area contributed by atoms with Crippen molar-refractivity contribution in [3.63, 3.8) is 0 Å². The molecule has 0 aliphatic heterocycles. The van der Waals surface area contributed by atoms with E-state index < -0.39 is 57.2 Å². The van der Waals surface area contributed by atoms with E-state index in [9.17, 15) is 28.9 Å². The summed E-state index contributed by atoms with van der Waals surface area (Å²) in [6, 6.07) is -1.53. The lowest BCUT2D eigenvalue weighted by molar-refractivity contribution is -0.161. The van der Waals surface area contributed by atoms with E-state index in [0.29, 0.717) is 19.3 Å². The number of carbonyl (C=O) groups is 3. The third-order valence-corrected chi connectivity index (χ3v) is 9.43. The standard InChI is InChI=1S/C40H72NO11P/c1-3-5-7-8-9-10-11-12-13-16-20-23-27-31-39(44)52-36(33-50-53(47,48)51-34-37(41)40(45)46)32-49-38(43)30-26-22-19-17-14-15-18-21-25-29-35(42)28-24-6-4-2/h6,18,21,24-25,29,35-37,42H,3-5,7-17,19-20,22-23,26-28,30-34,41H2,1-2H3,(H,45,46)(H,47,48)/b21-18+,24-6+,29-25+/t35?,36-,37+/m1/s1. The summed E-state index contributed by atoms with van der Waals surface area (Å²) < 4.78 is 32.6. The molecule has 53 heavy (non-hydrogen) atoms.